The fourth-order valence-corrected chi connectivity index (χ4v) is 1.61. The van der Waals surface area contributed by atoms with Gasteiger partial charge in [0, 0.05) is 19.7 Å². The molecule has 4 N–H and O–H groups in total. The zero-order chi connectivity index (χ0) is 12.7. The molecule has 0 saturated heterocycles. The van der Waals surface area contributed by atoms with Crippen molar-refractivity contribution in [1.82, 2.24) is 15.0 Å². The molecule has 0 aliphatic carbocycles. The fourth-order valence-electron chi connectivity index (χ4n) is 1.61. The summed E-state index contributed by atoms with van der Waals surface area (Å²) < 4.78 is 1.54. The molecule has 1 rings (SSSR count). The highest BCUT2D eigenvalue weighted by molar-refractivity contribution is 5.86. The second-order valence-corrected chi connectivity index (χ2v) is 3.75. The van der Waals surface area contributed by atoms with E-state index in [0.717, 1.165) is 25.7 Å². The molecule has 0 aromatic carbocycles. The molecule has 1 heterocycles. The summed E-state index contributed by atoms with van der Waals surface area (Å²) in [5, 5.41) is 24.8. The minimum absolute atomic E-state index is 0.0668. The largest absolute Gasteiger partial charge is 0.476 e. The summed E-state index contributed by atoms with van der Waals surface area (Å²) >= 11 is 0. The highest BCUT2D eigenvalue weighted by Crippen LogP contribution is 2.07. The molecular formula is C10H18N4O3. The molecule has 0 aliphatic heterocycles. The molecule has 0 aliphatic rings. The molecule has 0 fully saturated rings. The Kier molecular flexibility index (Phi) is 5.58. The van der Waals surface area contributed by atoms with E-state index in [0.29, 0.717) is 12.2 Å². The highest BCUT2D eigenvalue weighted by atomic mass is 16.4. The Hall–Kier alpha value is -1.47. The van der Waals surface area contributed by atoms with E-state index >= 15 is 0 Å². The van der Waals surface area contributed by atoms with E-state index in [2.05, 4.69) is 10.3 Å². The number of rotatable bonds is 8. The van der Waals surface area contributed by atoms with Gasteiger partial charge in [-0.15, -0.1) is 5.10 Å². The summed E-state index contributed by atoms with van der Waals surface area (Å²) in [6, 6.07) is 0. The third-order valence-corrected chi connectivity index (χ3v) is 2.51. The van der Waals surface area contributed by atoms with Crippen molar-refractivity contribution in [1.29, 1.82) is 0 Å². The number of nitrogens with two attached hydrogens (primary N) is 1. The van der Waals surface area contributed by atoms with Crippen LogP contribution in [0.5, 0.6) is 0 Å². The van der Waals surface area contributed by atoms with Crippen LogP contribution in [0.2, 0.25) is 0 Å². The third-order valence-electron chi connectivity index (χ3n) is 2.51. The maximum atomic E-state index is 10.8. The van der Waals surface area contributed by atoms with Crippen LogP contribution >= 0.6 is 0 Å². The second-order valence-electron chi connectivity index (χ2n) is 3.75. The monoisotopic (exact) mass is 242 g/mol. The molecule has 0 spiro atoms. The van der Waals surface area contributed by atoms with Gasteiger partial charge in [0.1, 0.15) is 0 Å². The van der Waals surface area contributed by atoms with E-state index in [-0.39, 0.29) is 18.8 Å². The van der Waals surface area contributed by atoms with Gasteiger partial charge in [0.05, 0.1) is 5.69 Å². The Morgan fingerprint density at radius 1 is 1.29 bits per heavy atom. The maximum absolute atomic E-state index is 10.8. The molecule has 0 radical (unpaired) electrons. The number of aromatic nitrogens is 3. The van der Waals surface area contributed by atoms with Gasteiger partial charge in [0.25, 0.3) is 0 Å². The second kappa shape index (κ2) is 6.97. The van der Waals surface area contributed by atoms with Gasteiger partial charge in [-0.25, -0.2) is 9.48 Å². The molecule has 0 bridgehead atoms. The van der Waals surface area contributed by atoms with Crippen molar-refractivity contribution in [2.24, 2.45) is 5.73 Å². The fraction of sp³-hybridized carbons (Fsp3) is 0.700. The molecule has 0 amide bonds. The van der Waals surface area contributed by atoms with Crippen LogP contribution in [0.15, 0.2) is 0 Å². The van der Waals surface area contributed by atoms with E-state index < -0.39 is 5.97 Å². The molecule has 0 unspecified atom stereocenters. The average Bonchev–Trinajstić information content (AvgIpc) is 2.71. The lowest BCUT2D eigenvalue weighted by molar-refractivity contribution is 0.0689. The van der Waals surface area contributed by atoms with Crippen molar-refractivity contribution in [3.05, 3.63) is 11.4 Å². The first-order chi connectivity index (χ1) is 8.20. The molecule has 0 saturated carbocycles. The Balaban J connectivity index is 2.50. The number of hydrogen-bond donors (Lipinski definition) is 3. The molecule has 1 aromatic rings. The number of hydrogen-bond acceptors (Lipinski definition) is 5. The Morgan fingerprint density at radius 3 is 2.59 bits per heavy atom. The quantitative estimate of drug-likeness (QED) is 0.552. The topological polar surface area (TPSA) is 114 Å². The third kappa shape index (κ3) is 3.79. The van der Waals surface area contributed by atoms with Crippen molar-refractivity contribution in [2.75, 3.05) is 6.61 Å². The molecule has 7 heteroatoms. The lowest BCUT2D eigenvalue weighted by Crippen LogP contribution is -2.12. The lowest BCUT2D eigenvalue weighted by atomic mass is 10.2. The van der Waals surface area contributed by atoms with E-state index in [9.17, 15) is 4.79 Å². The number of aliphatic hydroxyl groups excluding tert-OH is 1. The van der Waals surface area contributed by atoms with Crippen LogP contribution in [0.3, 0.4) is 0 Å². The highest BCUT2D eigenvalue weighted by Gasteiger charge is 2.16. The molecule has 1 aromatic heterocycles. The first-order valence-corrected chi connectivity index (χ1v) is 5.67. The molecular weight excluding hydrogens is 224 g/mol. The van der Waals surface area contributed by atoms with Gasteiger partial charge in [0.15, 0.2) is 5.69 Å². The number of unbranched alkanes of at least 4 members (excludes halogenated alkanes) is 3. The zero-order valence-electron chi connectivity index (χ0n) is 9.67. The number of aromatic carboxylic acids is 1. The minimum Gasteiger partial charge on any atom is -0.476 e. The summed E-state index contributed by atoms with van der Waals surface area (Å²) in [5.74, 6) is -1.10. The van der Waals surface area contributed by atoms with Crippen LogP contribution in [0, 0.1) is 0 Å². The van der Waals surface area contributed by atoms with Crippen LogP contribution in [0.4, 0.5) is 0 Å². The Bertz CT molecular complexity index is 364. The molecule has 0 atom stereocenters. The summed E-state index contributed by atoms with van der Waals surface area (Å²) in [6.07, 6.45) is 3.58. The van der Waals surface area contributed by atoms with Crippen LogP contribution in [0.25, 0.3) is 0 Å². The normalized spacial score (nSPS) is 10.7. The van der Waals surface area contributed by atoms with E-state index in [1.165, 1.54) is 0 Å². The van der Waals surface area contributed by atoms with Gasteiger partial charge >= 0.3 is 5.97 Å². The van der Waals surface area contributed by atoms with Gasteiger partial charge < -0.3 is 15.9 Å². The summed E-state index contributed by atoms with van der Waals surface area (Å²) in [5.41, 5.74) is 5.88. The van der Waals surface area contributed by atoms with Crippen molar-refractivity contribution in [2.45, 2.75) is 38.8 Å². The van der Waals surface area contributed by atoms with Gasteiger partial charge in [0.2, 0.25) is 0 Å². The summed E-state index contributed by atoms with van der Waals surface area (Å²) in [7, 11) is 0. The number of aryl methyl sites for hydroxylation is 1. The maximum Gasteiger partial charge on any atom is 0.358 e. The van der Waals surface area contributed by atoms with E-state index in [1.807, 2.05) is 0 Å². The number of nitrogens with zero attached hydrogens (tertiary/aromatic N) is 3. The van der Waals surface area contributed by atoms with E-state index in [1.54, 1.807) is 4.68 Å². The number of carboxylic acid groups (broad SMARTS) is 1. The first-order valence-electron chi connectivity index (χ1n) is 5.67. The Morgan fingerprint density at radius 2 is 2.00 bits per heavy atom. The van der Waals surface area contributed by atoms with Crippen molar-refractivity contribution in [3.8, 4) is 0 Å². The van der Waals surface area contributed by atoms with Gasteiger partial charge in [-0.05, 0) is 12.8 Å². The number of carbonyl (C=O) groups is 1. The predicted molar refractivity (Wildman–Crippen MR) is 60.4 cm³/mol. The van der Waals surface area contributed by atoms with Gasteiger partial charge in [-0.1, -0.05) is 18.1 Å². The molecule has 7 nitrogen and oxygen atoms in total. The number of carboxylic acids is 1. The molecule has 96 valence electrons. The first kappa shape index (κ1) is 13.6. The smallest absolute Gasteiger partial charge is 0.358 e. The van der Waals surface area contributed by atoms with Crippen LogP contribution in [0.1, 0.15) is 41.9 Å². The molecule has 17 heavy (non-hydrogen) atoms. The van der Waals surface area contributed by atoms with Crippen molar-refractivity contribution < 1.29 is 15.0 Å². The van der Waals surface area contributed by atoms with Crippen LogP contribution in [-0.2, 0) is 13.1 Å². The van der Waals surface area contributed by atoms with Crippen LogP contribution < -0.4 is 5.73 Å². The van der Waals surface area contributed by atoms with Crippen LogP contribution in [-0.4, -0.2) is 37.8 Å². The Labute approximate surface area is 99.2 Å². The predicted octanol–water partition coefficient (Wildman–Crippen LogP) is -0.0123. The average molecular weight is 242 g/mol. The van der Waals surface area contributed by atoms with Crippen molar-refractivity contribution in [3.63, 3.8) is 0 Å². The van der Waals surface area contributed by atoms with Crippen molar-refractivity contribution >= 4 is 5.97 Å². The van der Waals surface area contributed by atoms with Gasteiger partial charge in [-0.2, -0.15) is 0 Å². The van der Waals surface area contributed by atoms with E-state index in [4.69, 9.17) is 15.9 Å². The lowest BCUT2D eigenvalue weighted by Gasteiger charge is -2.04. The number of aliphatic hydroxyl groups is 1. The standard InChI is InChI=1S/C10H18N4O3/c11-7-8-9(10(16)17)12-13-14(8)5-3-1-2-4-6-15/h15H,1-7,11H2,(H,16,17). The summed E-state index contributed by atoms with van der Waals surface area (Å²) in [6.45, 7) is 0.935. The SMILES string of the molecule is NCc1c(C(=O)O)nnn1CCCCCCO. The zero-order valence-corrected chi connectivity index (χ0v) is 9.67. The summed E-state index contributed by atoms with van der Waals surface area (Å²) in [4.78, 5) is 10.8. The van der Waals surface area contributed by atoms with Gasteiger partial charge in [-0.3, -0.25) is 0 Å². The minimum atomic E-state index is -1.10.